The second kappa shape index (κ2) is 11.4. The Kier molecular flexibility index (Phi) is 7.74. The summed E-state index contributed by atoms with van der Waals surface area (Å²) in [5.74, 6) is 1.18. The number of H-pyrrole nitrogens is 1. The number of benzene rings is 1. The third kappa shape index (κ3) is 6.17. The third-order valence-corrected chi connectivity index (χ3v) is 7.36. The number of carbonyl (C=O) groups is 1. The smallest absolute Gasteiger partial charge is 0.329 e. The van der Waals surface area contributed by atoms with Crippen molar-refractivity contribution < 1.29 is 9.21 Å². The number of likely N-dealkylation sites (tertiary alicyclic amines) is 1. The molecule has 4 aromatic rings. The first-order chi connectivity index (χ1) is 18.8. The Hall–Kier alpha value is -4.05. The van der Waals surface area contributed by atoms with E-state index >= 15 is 0 Å². The van der Waals surface area contributed by atoms with Gasteiger partial charge in [0.15, 0.2) is 5.76 Å². The van der Waals surface area contributed by atoms with Crippen molar-refractivity contribution in [2.45, 2.75) is 46.2 Å². The molecule has 10 nitrogen and oxygen atoms in total. The molecule has 4 heterocycles. The number of rotatable bonds is 8. The number of aromatic amines is 1. The molecule has 1 saturated heterocycles. The molecule has 0 spiro atoms. The van der Waals surface area contributed by atoms with E-state index in [1.54, 1.807) is 34.1 Å². The van der Waals surface area contributed by atoms with Crippen LogP contribution in [-0.2, 0) is 19.5 Å². The van der Waals surface area contributed by atoms with E-state index in [1.807, 2.05) is 18.2 Å². The van der Waals surface area contributed by atoms with Crippen LogP contribution in [0.5, 0.6) is 0 Å². The molecule has 39 heavy (non-hydrogen) atoms. The Morgan fingerprint density at radius 3 is 2.67 bits per heavy atom. The van der Waals surface area contributed by atoms with Crippen LogP contribution in [-0.4, -0.2) is 43.2 Å². The SMILES string of the molecule is CCc1cc(Nc2cc(=O)n(CC3CCN(C(=O)c4ccc(Cn5cc(Cl)cn5)o4)CC3)c(=O)[nH]2)ccc1C. The minimum absolute atomic E-state index is 0.104. The van der Waals surface area contributed by atoms with Crippen LogP contribution < -0.4 is 16.6 Å². The van der Waals surface area contributed by atoms with Gasteiger partial charge in [-0.25, -0.2) is 4.79 Å². The van der Waals surface area contributed by atoms with Gasteiger partial charge in [-0.1, -0.05) is 24.6 Å². The molecule has 0 unspecified atom stereocenters. The van der Waals surface area contributed by atoms with Crippen LogP contribution in [0.2, 0.25) is 5.02 Å². The van der Waals surface area contributed by atoms with Gasteiger partial charge in [0.05, 0.1) is 17.8 Å². The summed E-state index contributed by atoms with van der Waals surface area (Å²) < 4.78 is 8.62. The number of hydrogen-bond acceptors (Lipinski definition) is 6. The quantitative estimate of drug-likeness (QED) is 0.339. The van der Waals surface area contributed by atoms with E-state index in [2.05, 4.69) is 29.2 Å². The second-order valence-electron chi connectivity index (χ2n) is 9.91. The normalized spacial score (nSPS) is 14.1. The molecule has 0 atom stereocenters. The Morgan fingerprint density at radius 2 is 1.97 bits per heavy atom. The van der Waals surface area contributed by atoms with E-state index < -0.39 is 5.69 Å². The van der Waals surface area contributed by atoms with Crippen molar-refractivity contribution >= 4 is 29.0 Å². The van der Waals surface area contributed by atoms with Gasteiger partial charge in [0.25, 0.3) is 11.5 Å². The molecule has 1 aromatic carbocycles. The fourth-order valence-corrected chi connectivity index (χ4v) is 5.10. The Morgan fingerprint density at radius 1 is 1.18 bits per heavy atom. The van der Waals surface area contributed by atoms with Crippen molar-refractivity contribution in [3.63, 3.8) is 0 Å². The second-order valence-corrected chi connectivity index (χ2v) is 10.4. The van der Waals surface area contributed by atoms with Crippen LogP contribution in [0.4, 0.5) is 11.5 Å². The molecule has 1 amide bonds. The van der Waals surface area contributed by atoms with Crippen molar-refractivity contribution in [2.75, 3.05) is 18.4 Å². The fourth-order valence-electron chi connectivity index (χ4n) is 4.94. The molecule has 1 fully saturated rings. The zero-order valence-corrected chi connectivity index (χ0v) is 22.7. The molecule has 11 heteroatoms. The van der Waals surface area contributed by atoms with Gasteiger partial charge in [0, 0.05) is 37.6 Å². The predicted molar refractivity (Wildman–Crippen MR) is 149 cm³/mol. The summed E-state index contributed by atoms with van der Waals surface area (Å²) >= 11 is 5.90. The average molecular weight is 551 g/mol. The Labute approximate surface area is 230 Å². The molecule has 0 saturated carbocycles. The van der Waals surface area contributed by atoms with Crippen LogP contribution in [0, 0.1) is 12.8 Å². The van der Waals surface area contributed by atoms with Gasteiger partial charge in [0.1, 0.15) is 11.6 Å². The fraction of sp³-hybridized carbons (Fsp3) is 0.357. The maximum absolute atomic E-state index is 13.0. The first-order valence-corrected chi connectivity index (χ1v) is 13.4. The number of halogens is 1. The summed E-state index contributed by atoms with van der Waals surface area (Å²) in [6.07, 6.45) is 5.48. The minimum atomic E-state index is -0.451. The number of aromatic nitrogens is 4. The number of furan rings is 1. The first-order valence-electron chi connectivity index (χ1n) is 13.1. The van der Waals surface area contributed by atoms with Crippen LogP contribution in [0.3, 0.4) is 0 Å². The van der Waals surface area contributed by atoms with E-state index in [0.29, 0.717) is 55.6 Å². The van der Waals surface area contributed by atoms with Crippen molar-refractivity contribution in [1.82, 2.24) is 24.2 Å². The number of piperidine rings is 1. The highest BCUT2D eigenvalue weighted by Gasteiger charge is 2.26. The topological polar surface area (TPSA) is 118 Å². The lowest BCUT2D eigenvalue weighted by molar-refractivity contribution is 0.0647. The summed E-state index contributed by atoms with van der Waals surface area (Å²) in [6.45, 7) is 5.87. The van der Waals surface area contributed by atoms with Crippen molar-refractivity contribution in [1.29, 1.82) is 0 Å². The largest absolute Gasteiger partial charge is 0.454 e. The average Bonchev–Trinajstić information content (AvgIpc) is 3.56. The third-order valence-electron chi connectivity index (χ3n) is 7.16. The molecule has 0 aliphatic carbocycles. The van der Waals surface area contributed by atoms with E-state index in [1.165, 1.54) is 21.8 Å². The number of aryl methyl sites for hydroxylation is 2. The van der Waals surface area contributed by atoms with Gasteiger partial charge in [0.2, 0.25) is 0 Å². The van der Waals surface area contributed by atoms with Gasteiger partial charge < -0.3 is 14.6 Å². The molecule has 1 aliphatic rings. The number of nitrogens with one attached hydrogen (secondary N) is 2. The van der Waals surface area contributed by atoms with Crippen LogP contribution >= 0.6 is 11.6 Å². The molecule has 2 N–H and O–H groups in total. The molecular formula is C28H31ClN6O4. The van der Waals surface area contributed by atoms with E-state index in [9.17, 15) is 14.4 Å². The molecule has 0 radical (unpaired) electrons. The van der Waals surface area contributed by atoms with E-state index in [0.717, 1.165) is 12.1 Å². The van der Waals surface area contributed by atoms with Gasteiger partial charge >= 0.3 is 5.69 Å². The summed E-state index contributed by atoms with van der Waals surface area (Å²) in [4.78, 5) is 43.1. The van der Waals surface area contributed by atoms with Gasteiger partial charge in [-0.15, -0.1) is 0 Å². The van der Waals surface area contributed by atoms with Gasteiger partial charge in [-0.2, -0.15) is 5.10 Å². The lowest BCUT2D eigenvalue weighted by atomic mass is 9.96. The lowest BCUT2D eigenvalue weighted by Crippen LogP contribution is -2.42. The molecule has 204 valence electrons. The maximum atomic E-state index is 13.0. The Balaban J connectivity index is 1.17. The standard InChI is InChI=1S/C28H31ClN6O4/c1-3-20-12-22(5-4-18(20)2)31-25-13-26(36)35(28(38)32-25)15-19-8-10-33(11-9-19)27(37)24-7-6-23(39-24)17-34-16-21(29)14-30-34/h4-7,12-14,16,19,31H,3,8-11,15,17H2,1-2H3,(H,32,38). The van der Waals surface area contributed by atoms with Gasteiger partial charge in [-0.3, -0.25) is 23.8 Å². The monoisotopic (exact) mass is 550 g/mol. The number of amides is 1. The molecule has 3 aromatic heterocycles. The Bertz CT molecular complexity index is 1560. The summed E-state index contributed by atoms with van der Waals surface area (Å²) in [6, 6.07) is 10.8. The summed E-state index contributed by atoms with van der Waals surface area (Å²) in [5.41, 5.74) is 2.41. The van der Waals surface area contributed by atoms with E-state index in [4.69, 9.17) is 16.0 Å². The first kappa shape index (κ1) is 26.6. The highest BCUT2D eigenvalue weighted by molar-refractivity contribution is 6.30. The van der Waals surface area contributed by atoms with Crippen LogP contribution in [0.15, 0.2) is 62.8 Å². The summed E-state index contributed by atoms with van der Waals surface area (Å²) in [7, 11) is 0. The van der Waals surface area contributed by atoms with Crippen molar-refractivity contribution in [3.8, 4) is 0 Å². The molecule has 5 rings (SSSR count). The highest BCUT2D eigenvalue weighted by atomic mass is 35.5. The molecule has 0 bridgehead atoms. The maximum Gasteiger partial charge on any atom is 0.329 e. The van der Waals surface area contributed by atoms with Crippen LogP contribution in [0.25, 0.3) is 0 Å². The summed E-state index contributed by atoms with van der Waals surface area (Å²) in [5, 5.41) is 7.79. The number of anilines is 2. The zero-order chi connectivity index (χ0) is 27.5. The predicted octanol–water partition coefficient (Wildman–Crippen LogP) is 4.19. The minimum Gasteiger partial charge on any atom is -0.454 e. The number of hydrogen-bond donors (Lipinski definition) is 2. The lowest BCUT2D eigenvalue weighted by Gasteiger charge is -2.31. The zero-order valence-electron chi connectivity index (χ0n) is 21.9. The van der Waals surface area contributed by atoms with Gasteiger partial charge in [-0.05, 0) is 67.5 Å². The molecular weight excluding hydrogens is 520 g/mol. The number of carbonyl (C=O) groups excluding carboxylic acids is 1. The van der Waals surface area contributed by atoms with Crippen LogP contribution in [0.1, 0.15) is 47.2 Å². The van der Waals surface area contributed by atoms with E-state index in [-0.39, 0.29) is 23.1 Å². The number of nitrogens with zero attached hydrogens (tertiary/aromatic N) is 4. The van der Waals surface area contributed by atoms with Crippen molar-refractivity contribution in [2.24, 2.45) is 5.92 Å². The highest BCUT2D eigenvalue weighted by Crippen LogP contribution is 2.22. The molecule has 1 aliphatic heterocycles. The van der Waals surface area contributed by atoms with Crippen molar-refractivity contribution in [3.05, 3.63) is 97.3 Å².